The predicted octanol–water partition coefficient (Wildman–Crippen LogP) is 8.09. The standard InChI is InChI=1S/C30H33F3N6S2/c1-15-24(28-38-26-23(41-28)9-10-34-25(26)16-5-6-16)27(37-19-8-7-17(11-19)30(2,3)40-4)39-29(36-15)35-14-20-21(32)12-18(31)13-22(20)33/h9-10,12-13,16-17,19H,5-8,11,14H2,1-4H3,(H2,35,36,37,39)/t17?,19-/m0/s1. The molecule has 1 aromatic carbocycles. The Morgan fingerprint density at radius 2 is 1.80 bits per heavy atom. The second kappa shape index (κ2) is 11.1. The Bertz CT molecular complexity index is 1580. The average molecular weight is 599 g/mol. The summed E-state index contributed by atoms with van der Waals surface area (Å²) in [4.78, 5) is 19.1. The highest BCUT2D eigenvalue weighted by atomic mass is 32.2. The second-order valence-electron chi connectivity index (χ2n) is 11.6. The van der Waals surface area contributed by atoms with Crippen molar-refractivity contribution in [3.8, 4) is 10.6 Å². The van der Waals surface area contributed by atoms with Crippen LogP contribution in [-0.4, -0.2) is 37.0 Å². The highest BCUT2D eigenvalue weighted by molar-refractivity contribution is 7.99. The van der Waals surface area contributed by atoms with Gasteiger partial charge in [-0.1, -0.05) is 13.8 Å². The Labute approximate surface area is 246 Å². The molecule has 0 radical (unpaired) electrons. The summed E-state index contributed by atoms with van der Waals surface area (Å²) in [6.07, 6.45) is 9.44. The third-order valence-electron chi connectivity index (χ3n) is 8.42. The normalized spacial score (nSPS) is 19.2. The molecule has 4 aromatic rings. The maximum Gasteiger partial charge on any atom is 0.225 e. The molecule has 2 atom stereocenters. The summed E-state index contributed by atoms with van der Waals surface area (Å²) in [6.45, 7) is 6.27. The second-order valence-corrected chi connectivity index (χ2v) is 14.0. The lowest BCUT2D eigenvalue weighted by Gasteiger charge is -2.30. The number of hydrogen-bond acceptors (Lipinski definition) is 8. The van der Waals surface area contributed by atoms with Crippen molar-refractivity contribution in [1.29, 1.82) is 0 Å². The SMILES string of the molecule is CSC(C)(C)C1CC[C@H](Nc2nc(NCc3c(F)cc(F)cc3F)nc(C)c2-c2nc3c(C4CC4)nccc3s2)C1. The zero-order chi connectivity index (χ0) is 28.9. The van der Waals surface area contributed by atoms with Crippen LogP contribution in [0.2, 0.25) is 0 Å². The average Bonchev–Trinajstić information content (AvgIpc) is 3.49. The quantitative estimate of drug-likeness (QED) is 0.202. The molecule has 11 heteroatoms. The first-order valence-corrected chi connectivity index (χ1v) is 16.0. The maximum atomic E-state index is 14.3. The van der Waals surface area contributed by atoms with Crippen LogP contribution in [-0.2, 0) is 6.54 Å². The Hall–Kier alpha value is -2.92. The molecule has 41 heavy (non-hydrogen) atoms. The molecule has 2 saturated carbocycles. The number of aryl methyl sites for hydroxylation is 1. The number of aromatic nitrogens is 4. The molecule has 0 amide bonds. The summed E-state index contributed by atoms with van der Waals surface area (Å²) < 4.78 is 43.3. The number of benzene rings is 1. The predicted molar refractivity (Wildman–Crippen MR) is 161 cm³/mol. The van der Waals surface area contributed by atoms with E-state index in [9.17, 15) is 13.2 Å². The molecule has 6 nitrogen and oxygen atoms in total. The van der Waals surface area contributed by atoms with Gasteiger partial charge in [-0.15, -0.1) is 11.3 Å². The van der Waals surface area contributed by atoms with Crippen LogP contribution in [0.25, 0.3) is 20.8 Å². The lowest BCUT2D eigenvalue weighted by atomic mass is 9.93. The molecule has 3 heterocycles. The monoisotopic (exact) mass is 598 g/mol. The maximum absolute atomic E-state index is 14.3. The van der Waals surface area contributed by atoms with E-state index >= 15 is 0 Å². The minimum absolute atomic E-state index is 0.177. The van der Waals surface area contributed by atoms with Crippen molar-refractivity contribution >= 4 is 45.1 Å². The zero-order valence-electron chi connectivity index (χ0n) is 23.5. The van der Waals surface area contributed by atoms with Gasteiger partial charge >= 0.3 is 0 Å². The van der Waals surface area contributed by atoms with Crippen LogP contribution in [0.15, 0.2) is 24.4 Å². The number of halogens is 3. The van der Waals surface area contributed by atoms with Crippen LogP contribution >= 0.6 is 23.1 Å². The minimum atomic E-state index is -0.956. The fourth-order valence-corrected chi connectivity index (χ4v) is 7.28. The Kier molecular flexibility index (Phi) is 7.61. The van der Waals surface area contributed by atoms with E-state index in [1.165, 1.54) is 0 Å². The summed E-state index contributed by atoms with van der Waals surface area (Å²) in [5.74, 6) is -0.947. The number of nitrogens with zero attached hydrogens (tertiary/aromatic N) is 4. The number of rotatable bonds is 9. The van der Waals surface area contributed by atoms with Crippen LogP contribution < -0.4 is 10.6 Å². The fraction of sp³-hybridized carbons (Fsp3) is 0.467. The molecule has 2 N–H and O–H groups in total. The minimum Gasteiger partial charge on any atom is -0.367 e. The van der Waals surface area contributed by atoms with Crippen molar-refractivity contribution in [3.63, 3.8) is 0 Å². The number of thioether (sulfide) groups is 1. The summed E-state index contributed by atoms with van der Waals surface area (Å²) in [7, 11) is 0. The van der Waals surface area contributed by atoms with E-state index in [4.69, 9.17) is 9.97 Å². The Balaban J connectivity index is 1.35. The summed E-state index contributed by atoms with van der Waals surface area (Å²) >= 11 is 3.49. The molecule has 2 aliphatic carbocycles. The van der Waals surface area contributed by atoms with E-state index in [1.807, 2.05) is 30.9 Å². The van der Waals surface area contributed by atoms with E-state index in [1.54, 1.807) is 11.3 Å². The van der Waals surface area contributed by atoms with E-state index in [-0.39, 0.29) is 28.8 Å². The van der Waals surface area contributed by atoms with Gasteiger partial charge in [0, 0.05) is 47.1 Å². The number of pyridine rings is 1. The first kappa shape index (κ1) is 28.2. The number of hydrogen-bond donors (Lipinski definition) is 2. The molecule has 6 rings (SSSR count). The van der Waals surface area contributed by atoms with E-state index in [0.29, 0.717) is 35.5 Å². The van der Waals surface area contributed by atoms with E-state index in [0.717, 1.165) is 58.6 Å². The third-order valence-corrected chi connectivity index (χ3v) is 10.8. The highest BCUT2D eigenvalue weighted by Crippen LogP contribution is 2.45. The van der Waals surface area contributed by atoms with Gasteiger partial charge in [0.05, 0.1) is 21.7 Å². The van der Waals surface area contributed by atoms with Gasteiger partial charge in [-0.3, -0.25) is 4.98 Å². The van der Waals surface area contributed by atoms with Gasteiger partial charge in [0.1, 0.15) is 33.8 Å². The number of thiazole rings is 1. The largest absolute Gasteiger partial charge is 0.367 e. The van der Waals surface area contributed by atoms with Crippen LogP contribution in [0, 0.1) is 30.3 Å². The molecule has 216 valence electrons. The lowest BCUT2D eigenvalue weighted by Crippen LogP contribution is -2.27. The molecule has 0 aliphatic heterocycles. The number of fused-ring (bicyclic) bond motifs is 1. The van der Waals surface area contributed by atoms with Crippen LogP contribution in [0.3, 0.4) is 0 Å². The van der Waals surface area contributed by atoms with Gasteiger partial charge in [0.2, 0.25) is 5.95 Å². The summed E-state index contributed by atoms with van der Waals surface area (Å²) in [6, 6.07) is 3.57. The van der Waals surface area contributed by atoms with Gasteiger partial charge in [-0.05, 0) is 57.3 Å². The van der Waals surface area contributed by atoms with Gasteiger partial charge in [-0.25, -0.2) is 23.1 Å². The third kappa shape index (κ3) is 5.75. The molecule has 2 aliphatic rings. The van der Waals surface area contributed by atoms with Crippen LogP contribution in [0.4, 0.5) is 24.9 Å². The summed E-state index contributed by atoms with van der Waals surface area (Å²) in [5, 5.41) is 7.46. The van der Waals surface area contributed by atoms with Gasteiger partial charge < -0.3 is 10.6 Å². The van der Waals surface area contributed by atoms with Crippen molar-refractivity contribution in [2.45, 2.75) is 76.1 Å². The van der Waals surface area contributed by atoms with Crippen LogP contribution in [0.5, 0.6) is 0 Å². The van der Waals surface area contributed by atoms with Crippen molar-refractivity contribution in [2.75, 3.05) is 16.9 Å². The first-order chi connectivity index (χ1) is 19.6. The van der Waals surface area contributed by atoms with Gasteiger partial charge in [0.25, 0.3) is 0 Å². The smallest absolute Gasteiger partial charge is 0.225 e. The topological polar surface area (TPSA) is 75.6 Å². The fourth-order valence-electron chi connectivity index (χ4n) is 5.66. The van der Waals surface area contributed by atoms with Gasteiger partial charge in [-0.2, -0.15) is 16.7 Å². The summed E-state index contributed by atoms with van der Waals surface area (Å²) in [5.41, 5.74) is 3.25. The van der Waals surface area contributed by atoms with Crippen molar-refractivity contribution in [1.82, 2.24) is 19.9 Å². The Morgan fingerprint density at radius 1 is 1.05 bits per heavy atom. The zero-order valence-corrected chi connectivity index (χ0v) is 25.2. The lowest BCUT2D eigenvalue weighted by molar-refractivity contribution is 0.434. The molecular formula is C30H33F3N6S2. The molecular weight excluding hydrogens is 566 g/mol. The van der Waals surface area contributed by atoms with Crippen molar-refractivity contribution in [3.05, 3.63) is 58.8 Å². The molecule has 0 spiro atoms. The van der Waals surface area contributed by atoms with E-state index in [2.05, 4.69) is 40.7 Å². The number of anilines is 2. The highest BCUT2D eigenvalue weighted by Gasteiger charge is 2.36. The first-order valence-electron chi connectivity index (χ1n) is 14.0. The Morgan fingerprint density at radius 3 is 2.51 bits per heavy atom. The van der Waals surface area contributed by atoms with E-state index < -0.39 is 17.5 Å². The van der Waals surface area contributed by atoms with Gasteiger partial charge in [0.15, 0.2) is 0 Å². The molecule has 0 saturated heterocycles. The molecule has 2 fully saturated rings. The molecule has 3 aromatic heterocycles. The molecule has 0 bridgehead atoms. The van der Waals surface area contributed by atoms with Crippen molar-refractivity contribution < 1.29 is 13.2 Å². The molecule has 1 unspecified atom stereocenters. The van der Waals surface area contributed by atoms with Crippen LogP contribution in [0.1, 0.15) is 68.8 Å². The van der Waals surface area contributed by atoms with Crippen molar-refractivity contribution in [2.24, 2.45) is 5.92 Å². The number of nitrogens with one attached hydrogen (secondary N) is 2.